The zero-order chi connectivity index (χ0) is 11.4. The van der Waals surface area contributed by atoms with Crippen LogP contribution in [0.2, 0.25) is 0 Å². The summed E-state index contributed by atoms with van der Waals surface area (Å²) >= 11 is 0. The van der Waals surface area contributed by atoms with E-state index in [4.69, 9.17) is 5.73 Å². The quantitative estimate of drug-likeness (QED) is 0.699. The van der Waals surface area contributed by atoms with Gasteiger partial charge in [-0.05, 0) is 19.4 Å². The summed E-state index contributed by atoms with van der Waals surface area (Å²) in [7, 11) is 0. The molecule has 3 N–H and O–H groups in total. The number of carbonyl (C=O) groups excluding carboxylic acids is 1. The van der Waals surface area contributed by atoms with Crippen molar-refractivity contribution in [1.82, 2.24) is 15.1 Å². The van der Waals surface area contributed by atoms with Crippen LogP contribution in [-0.4, -0.2) is 61.1 Å². The molecule has 2 saturated heterocycles. The van der Waals surface area contributed by atoms with Crippen LogP contribution in [0.15, 0.2) is 0 Å². The van der Waals surface area contributed by atoms with Crippen LogP contribution in [0.4, 0.5) is 4.79 Å². The number of urea groups is 1. The molecular weight excluding hydrogens is 204 g/mol. The predicted octanol–water partition coefficient (Wildman–Crippen LogP) is -0.175. The summed E-state index contributed by atoms with van der Waals surface area (Å²) in [5.41, 5.74) is 5.77. The van der Waals surface area contributed by atoms with Crippen molar-refractivity contribution in [2.45, 2.75) is 25.3 Å². The maximum atomic E-state index is 11.4. The summed E-state index contributed by atoms with van der Waals surface area (Å²) in [6, 6.07) is 0.612. The Morgan fingerprint density at radius 3 is 2.88 bits per heavy atom. The van der Waals surface area contributed by atoms with E-state index in [-0.39, 0.29) is 6.03 Å². The van der Waals surface area contributed by atoms with Gasteiger partial charge in [-0.2, -0.15) is 0 Å². The van der Waals surface area contributed by atoms with Gasteiger partial charge in [0, 0.05) is 38.8 Å². The number of hydrogen-bond acceptors (Lipinski definition) is 3. The lowest BCUT2D eigenvalue weighted by molar-refractivity contribution is 0.138. The van der Waals surface area contributed by atoms with Crippen LogP contribution < -0.4 is 11.1 Å². The number of nitrogens with two attached hydrogens (primary N) is 1. The predicted molar refractivity (Wildman–Crippen MR) is 63.2 cm³/mol. The van der Waals surface area contributed by atoms with Gasteiger partial charge in [0.15, 0.2) is 0 Å². The molecule has 5 heteroatoms. The van der Waals surface area contributed by atoms with Gasteiger partial charge >= 0.3 is 6.03 Å². The molecule has 2 heterocycles. The molecule has 92 valence electrons. The molecule has 2 amide bonds. The number of nitrogens with zero attached hydrogens (tertiary/aromatic N) is 2. The number of carbonyl (C=O) groups is 1. The van der Waals surface area contributed by atoms with Gasteiger partial charge in [-0.3, -0.25) is 4.90 Å². The van der Waals surface area contributed by atoms with Crippen molar-refractivity contribution in [3.63, 3.8) is 0 Å². The average Bonchev–Trinajstić information content (AvgIpc) is 2.72. The minimum Gasteiger partial charge on any atom is -0.336 e. The second-order valence-electron chi connectivity index (χ2n) is 4.64. The number of hydrogen-bond donors (Lipinski definition) is 2. The first kappa shape index (κ1) is 11.7. The van der Waals surface area contributed by atoms with Crippen molar-refractivity contribution in [3.05, 3.63) is 0 Å². The summed E-state index contributed by atoms with van der Waals surface area (Å²) in [6.07, 6.45) is 3.77. The molecule has 2 aliphatic rings. The highest BCUT2D eigenvalue weighted by Crippen LogP contribution is 2.15. The van der Waals surface area contributed by atoms with E-state index in [0.29, 0.717) is 6.04 Å². The van der Waals surface area contributed by atoms with Crippen LogP contribution in [0.5, 0.6) is 0 Å². The molecule has 1 unspecified atom stereocenters. The molecule has 0 bridgehead atoms. The lowest BCUT2D eigenvalue weighted by atomic mass is 10.0. The molecule has 0 saturated carbocycles. The van der Waals surface area contributed by atoms with Gasteiger partial charge in [0.1, 0.15) is 0 Å². The SMILES string of the molecule is NCC1CCCCN1CCN1CCNC1=O. The summed E-state index contributed by atoms with van der Waals surface area (Å²) in [5, 5.41) is 2.83. The lowest BCUT2D eigenvalue weighted by Crippen LogP contribution is -2.47. The normalized spacial score (nSPS) is 27.2. The van der Waals surface area contributed by atoms with Gasteiger partial charge in [-0.15, -0.1) is 0 Å². The Bertz CT molecular complexity index is 246. The minimum absolute atomic E-state index is 0.0845. The highest BCUT2D eigenvalue weighted by Gasteiger charge is 2.24. The molecule has 16 heavy (non-hydrogen) atoms. The summed E-state index contributed by atoms with van der Waals surface area (Å²) in [6.45, 7) is 5.32. The number of nitrogens with one attached hydrogen (secondary N) is 1. The van der Waals surface area contributed by atoms with Crippen LogP contribution in [0.25, 0.3) is 0 Å². The molecule has 0 aliphatic carbocycles. The van der Waals surface area contributed by atoms with Gasteiger partial charge in [-0.1, -0.05) is 6.42 Å². The van der Waals surface area contributed by atoms with E-state index in [1.54, 1.807) is 0 Å². The molecule has 0 aromatic rings. The molecule has 5 nitrogen and oxygen atoms in total. The van der Waals surface area contributed by atoms with E-state index in [1.165, 1.54) is 19.3 Å². The van der Waals surface area contributed by atoms with E-state index >= 15 is 0 Å². The molecule has 0 aromatic carbocycles. The number of rotatable bonds is 4. The van der Waals surface area contributed by atoms with Crippen LogP contribution in [0.1, 0.15) is 19.3 Å². The third-order valence-electron chi connectivity index (χ3n) is 3.62. The van der Waals surface area contributed by atoms with E-state index in [2.05, 4.69) is 10.2 Å². The third kappa shape index (κ3) is 2.65. The average molecular weight is 226 g/mol. The first-order chi connectivity index (χ1) is 7.81. The van der Waals surface area contributed by atoms with Crippen LogP contribution in [0.3, 0.4) is 0 Å². The molecule has 2 aliphatic heterocycles. The van der Waals surface area contributed by atoms with E-state index in [9.17, 15) is 4.79 Å². The molecular formula is C11H22N4O. The standard InChI is InChI=1S/C11H22N4O/c12-9-10-3-1-2-5-14(10)7-8-15-6-4-13-11(15)16/h10H,1-9,12H2,(H,13,16). The maximum Gasteiger partial charge on any atom is 0.317 e. The van der Waals surface area contributed by atoms with Crippen LogP contribution in [-0.2, 0) is 0 Å². The van der Waals surface area contributed by atoms with Crippen LogP contribution in [0, 0.1) is 0 Å². The van der Waals surface area contributed by atoms with E-state index in [0.717, 1.165) is 39.3 Å². The fourth-order valence-corrected chi connectivity index (χ4v) is 2.59. The Morgan fingerprint density at radius 2 is 2.19 bits per heavy atom. The van der Waals surface area contributed by atoms with Crippen LogP contribution >= 0.6 is 0 Å². The van der Waals surface area contributed by atoms with Gasteiger partial charge in [0.25, 0.3) is 0 Å². The summed E-state index contributed by atoms with van der Waals surface area (Å²) in [4.78, 5) is 15.7. The fraction of sp³-hybridized carbons (Fsp3) is 0.909. The van der Waals surface area contributed by atoms with Gasteiger partial charge in [0.2, 0.25) is 0 Å². The van der Waals surface area contributed by atoms with Gasteiger partial charge in [-0.25, -0.2) is 4.79 Å². The Labute approximate surface area is 96.9 Å². The Hall–Kier alpha value is -0.810. The first-order valence-electron chi connectivity index (χ1n) is 6.28. The second-order valence-corrected chi connectivity index (χ2v) is 4.64. The number of amides is 2. The highest BCUT2D eigenvalue weighted by atomic mass is 16.2. The van der Waals surface area contributed by atoms with Crippen molar-refractivity contribution in [2.24, 2.45) is 5.73 Å². The Morgan fingerprint density at radius 1 is 1.31 bits per heavy atom. The van der Waals surface area contributed by atoms with Gasteiger partial charge < -0.3 is 16.0 Å². The number of piperidine rings is 1. The van der Waals surface area contributed by atoms with Crippen molar-refractivity contribution in [3.8, 4) is 0 Å². The second kappa shape index (κ2) is 5.50. The number of likely N-dealkylation sites (tertiary alicyclic amines) is 1. The monoisotopic (exact) mass is 226 g/mol. The molecule has 0 radical (unpaired) electrons. The smallest absolute Gasteiger partial charge is 0.317 e. The zero-order valence-corrected chi connectivity index (χ0v) is 9.82. The topological polar surface area (TPSA) is 61.6 Å². The Balaban J connectivity index is 1.77. The molecule has 0 aromatic heterocycles. The van der Waals surface area contributed by atoms with Crippen molar-refractivity contribution in [2.75, 3.05) is 39.3 Å². The van der Waals surface area contributed by atoms with E-state index < -0.39 is 0 Å². The Kier molecular flexibility index (Phi) is 4.01. The summed E-state index contributed by atoms with van der Waals surface area (Å²) < 4.78 is 0. The van der Waals surface area contributed by atoms with Crippen molar-refractivity contribution in [1.29, 1.82) is 0 Å². The van der Waals surface area contributed by atoms with E-state index in [1.807, 2.05) is 4.90 Å². The molecule has 2 rings (SSSR count). The van der Waals surface area contributed by atoms with Gasteiger partial charge in [0.05, 0.1) is 0 Å². The van der Waals surface area contributed by atoms with Crippen molar-refractivity contribution >= 4 is 6.03 Å². The largest absolute Gasteiger partial charge is 0.336 e. The zero-order valence-electron chi connectivity index (χ0n) is 9.82. The maximum absolute atomic E-state index is 11.4. The third-order valence-corrected chi connectivity index (χ3v) is 3.62. The highest BCUT2D eigenvalue weighted by molar-refractivity contribution is 5.76. The molecule has 2 fully saturated rings. The lowest BCUT2D eigenvalue weighted by Gasteiger charge is -2.35. The summed E-state index contributed by atoms with van der Waals surface area (Å²) in [5.74, 6) is 0. The first-order valence-corrected chi connectivity index (χ1v) is 6.28. The fourth-order valence-electron chi connectivity index (χ4n) is 2.59. The molecule has 0 spiro atoms. The van der Waals surface area contributed by atoms with Crippen molar-refractivity contribution < 1.29 is 4.79 Å². The minimum atomic E-state index is 0.0845. The molecule has 1 atom stereocenters.